The fourth-order valence-corrected chi connectivity index (χ4v) is 1.66. The molecule has 0 N–H and O–H groups in total. The molecule has 0 bridgehead atoms. The number of nitrogens with zero attached hydrogens (tertiary/aromatic N) is 1. The zero-order chi connectivity index (χ0) is 11.4. The Balaban J connectivity index is 3.04. The quantitative estimate of drug-likeness (QED) is 0.490. The molecule has 15 heavy (non-hydrogen) atoms. The van der Waals surface area contributed by atoms with E-state index in [0.717, 1.165) is 26.3 Å². The molecule has 0 aromatic heterocycles. The summed E-state index contributed by atoms with van der Waals surface area (Å²) in [6, 6.07) is 0. The van der Waals surface area contributed by atoms with E-state index in [1.54, 1.807) is 0 Å². The van der Waals surface area contributed by atoms with Crippen LogP contribution in [0.5, 0.6) is 0 Å². The molecule has 2 nitrogen and oxygen atoms in total. The molecule has 2 heteroatoms. The molecule has 0 rings (SSSR count). The Kier molecular flexibility index (Phi) is 11.9. The molecular formula is C13H29NO. The molecule has 0 heterocycles. The van der Waals surface area contributed by atoms with Gasteiger partial charge in [0.15, 0.2) is 0 Å². The van der Waals surface area contributed by atoms with Crippen LogP contribution in [0.3, 0.4) is 0 Å². The summed E-state index contributed by atoms with van der Waals surface area (Å²) in [5, 5.41) is 0. The molecule has 0 aromatic rings. The van der Waals surface area contributed by atoms with E-state index >= 15 is 0 Å². The van der Waals surface area contributed by atoms with Crippen LogP contribution in [0.1, 0.15) is 52.9 Å². The first-order valence-corrected chi connectivity index (χ1v) is 6.65. The minimum absolute atomic E-state index is 0.933. The highest BCUT2D eigenvalue weighted by Crippen LogP contribution is 1.99. The van der Waals surface area contributed by atoms with E-state index < -0.39 is 0 Å². The van der Waals surface area contributed by atoms with Crippen LogP contribution < -0.4 is 0 Å². The third-order valence-corrected chi connectivity index (χ3v) is 2.80. The summed E-state index contributed by atoms with van der Waals surface area (Å²) < 4.78 is 5.59. The van der Waals surface area contributed by atoms with Gasteiger partial charge in [0.1, 0.15) is 0 Å². The maximum absolute atomic E-state index is 5.59. The second-order valence-corrected chi connectivity index (χ2v) is 4.05. The molecule has 92 valence electrons. The van der Waals surface area contributed by atoms with Crippen LogP contribution in [0.15, 0.2) is 0 Å². The molecule has 0 radical (unpaired) electrons. The maximum atomic E-state index is 5.59. The third kappa shape index (κ3) is 10.2. The minimum atomic E-state index is 0.933. The standard InChI is InChI=1S/C13H29NO/c1-4-7-8-9-12-15-13-10-11-14(5-2)6-3/h4-13H2,1-3H3. The van der Waals surface area contributed by atoms with Crippen LogP contribution in [0.4, 0.5) is 0 Å². The Morgan fingerprint density at radius 2 is 1.47 bits per heavy atom. The van der Waals surface area contributed by atoms with Gasteiger partial charge in [-0.25, -0.2) is 0 Å². The third-order valence-electron chi connectivity index (χ3n) is 2.80. The van der Waals surface area contributed by atoms with Gasteiger partial charge in [-0.3, -0.25) is 0 Å². The molecule has 0 aliphatic heterocycles. The molecule has 0 saturated carbocycles. The topological polar surface area (TPSA) is 12.5 Å². The van der Waals surface area contributed by atoms with E-state index in [9.17, 15) is 0 Å². The van der Waals surface area contributed by atoms with Gasteiger partial charge in [0, 0.05) is 19.8 Å². The Labute approximate surface area is 96.0 Å². The van der Waals surface area contributed by atoms with E-state index in [2.05, 4.69) is 25.7 Å². The van der Waals surface area contributed by atoms with Crippen molar-refractivity contribution < 1.29 is 4.74 Å². The molecule has 0 fully saturated rings. The van der Waals surface area contributed by atoms with Crippen molar-refractivity contribution in [3.05, 3.63) is 0 Å². The number of rotatable bonds is 11. The molecule has 0 spiro atoms. The van der Waals surface area contributed by atoms with Gasteiger partial charge in [-0.15, -0.1) is 0 Å². The van der Waals surface area contributed by atoms with Gasteiger partial charge in [-0.2, -0.15) is 0 Å². The van der Waals surface area contributed by atoms with Gasteiger partial charge in [-0.1, -0.05) is 40.0 Å². The normalized spacial score (nSPS) is 11.2. The number of hydrogen-bond donors (Lipinski definition) is 0. The summed E-state index contributed by atoms with van der Waals surface area (Å²) >= 11 is 0. The summed E-state index contributed by atoms with van der Waals surface area (Å²) in [6.07, 6.45) is 6.39. The van der Waals surface area contributed by atoms with Gasteiger partial charge in [0.25, 0.3) is 0 Å². The highest BCUT2D eigenvalue weighted by Gasteiger charge is 1.97. The Morgan fingerprint density at radius 3 is 2.07 bits per heavy atom. The second-order valence-electron chi connectivity index (χ2n) is 4.05. The van der Waals surface area contributed by atoms with Gasteiger partial charge in [0.05, 0.1) is 0 Å². The first kappa shape index (κ1) is 14.9. The lowest BCUT2D eigenvalue weighted by atomic mass is 10.2. The SMILES string of the molecule is CCCCCCOCCCN(CC)CC. The van der Waals surface area contributed by atoms with Crippen molar-refractivity contribution in [1.29, 1.82) is 0 Å². The highest BCUT2D eigenvalue weighted by atomic mass is 16.5. The van der Waals surface area contributed by atoms with Gasteiger partial charge in [0.2, 0.25) is 0 Å². The van der Waals surface area contributed by atoms with Gasteiger partial charge < -0.3 is 9.64 Å². The van der Waals surface area contributed by atoms with E-state index in [4.69, 9.17) is 4.74 Å². The van der Waals surface area contributed by atoms with Crippen molar-refractivity contribution in [1.82, 2.24) is 4.90 Å². The lowest BCUT2D eigenvalue weighted by molar-refractivity contribution is 0.118. The lowest BCUT2D eigenvalue weighted by Crippen LogP contribution is -2.24. The fraction of sp³-hybridized carbons (Fsp3) is 1.00. The van der Waals surface area contributed by atoms with Crippen molar-refractivity contribution in [2.45, 2.75) is 52.9 Å². The molecule has 0 amide bonds. The monoisotopic (exact) mass is 215 g/mol. The molecule has 0 atom stereocenters. The zero-order valence-corrected chi connectivity index (χ0v) is 10.9. The molecular weight excluding hydrogens is 186 g/mol. The van der Waals surface area contributed by atoms with E-state index in [0.29, 0.717) is 0 Å². The van der Waals surface area contributed by atoms with Crippen LogP contribution in [-0.4, -0.2) is 37.7 Å². The van der Waals surface area contributed by atoms with Crippen LogP contribution in [0, 0.1) is 0 Å². The van der Waals surface area contributed by atoms with Crippen LogP contribution >= 0.6 is 0 Å². The largest absolute Gasteiger partial charge is 0.381 e. The van der Waals surface area contributed by atoms with Crippen molar-refractivity contribution in [3.8, 4) is 0 Å². The Hall–Kier alpha value is -0.0800. The summed E-state index contributed by atoms with van der Waals surface area (Å²) in [6.45, 7) is 12.1. The van der Waals surface area contributed by atoms with E-state index in [-0.39, 0.29) is 0 Å². The van der Waals surface area contributed by atoms with Gasteiger partial charge in [-0.05, 0) is 25.9 Å². The maximum Gasteiger partial charge on any atom is 0.0478 e. The van der Waals surface area contributed by atoms with Crippen molar-refractivity contribution in [2.24, 2.45) is 0 Å². The summed E-state index contributed by atoms with van der Waals surface area (Å²) in [7, 11) is 0. The van der Waals surface area contributed by atoms with Crippen LogP contribution in [-0.2, 0) is 4.74 Å². The van der Waals surface area contributed by atoms with E-state index in [1.165, 1.54) is 38.6 Å². The Bertz CT molecular complexity index is 113. The van der Waals surface area contributed by atoms with Crippen molar-refractivity contribution in [2.75, 3.05) is 32.8 Å². The van der Waals surface area contributed by atoms with Crippen LogP contribution in [0.2, 0.25) is 0 Å². The number of hydrogen-bond acceptors (Lipinski definition) is 2. The first-order chi connectivity index (χ1) is 7.35. The highest BCUT2D eigenvalue weighted by molar-refractivity contribution is 4.51. The smallest absolute Gasteiger partial charge is 0.0478 e. The van der Waals surface area contributed by atoms with Gasteiger partial charge >= 0.3 is 0 Å². The average Bonchev–Trinajstić information content (AvgIpc) is 2.27. The molecule has 0 unspecified atom stereocenters. The lowest BCUT2D eigenvalue weighted by Gasteiger charge is -2.17. The number of ether oxygens (including phenoxy) is 1. The predicted molar refractivity (Wildman–Crippen MR) is 67.4 cm³/mol. The van der Waals surface area contributed by atoms with Crippen molar-refractivity contribution in [3.63, 3.8) is 0 Å². The average molecular weight is 215 g/mol. The second kappa shape index (κ2) is 12.0. The molecule has 0 aliphatic carbocycles. The minimum Gasteiger partial charge on any atom is -0.381 e. The van der Waals surface area contributed by atoms with Crippen LogP contribution in [0.25, 0.3) is 0 Å². The zero-order valence-electron chi connectivity index (χ0n) is 10.9. The molecule has 0 saturated heterocycles. The number of unbranched alkanes of at least 4 members (excludes halogenated alkanes) is 3. The molecule has 0 aliphatic rings. The summed E-state index contributed by atoms with van der Waals surface area (Å²) in [5.41, 5.74) is 0. The summed E-state index contributed by atoms with van der Waals surface area (Å²) in [4.78, 5) is 2.44. The fourth-order valence-electron chi connectivity index (χ4n) is 1.66. The van der Waals surface area contributed by atoms with E-state index in [1.807, 2.05) is 0 Å². The predicted octanol–water partition coefficient (Wildman–Crippen LogP) is 3.32. The molecule has 0 aromatic carbocycles. The Morgan fingerprint density at radius 1 is 0.800 bits per heavy atom. The summed E-state index contributed by atoms with van der Waals surface area (Å²) in [5.74, 6) is 0. The van der Waals surface area contributed by atoms with Crippen molar-refractivity contribution >= 4 is 0 Å². The first-order valence-electron chi connectivity index (χ1n) is 6.65.